The fraction of sp³-hybridized carbons (Fsp3) is 0.381. The molecule has 29 heavy (non-hydrogen) atoms. The first-order valence-corrected chi connectivity index (χ1v) is 11.1. The lowest BCUT2D eigenvalue weighted by atomic mass is 10.2. The van der Waals surface area contributed by atoms with Crippen LogP contribution in [0.4, 0.5) is 0 Å². The molecule has 1 aromatic carbocycles. The molecular formula is C21H22BrN3O3S. The molecule has 2 heterocycles. The van der Waals surface area contributed by atoms with Crippen molar-refractivity contribution >= 4 is 44.8 Å². The highest BCUT2D eigenvalue weighted by Crippen LogP contribution is 2.16. The number of hydrogen-bond donors (Lipinski definition) is 0. The minimum absolute atomic E-state index is 0.0400. The highest BCUT2D eigenvalue weighted by molar-refractivity contribution is 9.10. The Kier molecular flexibility index (Phi) is 7.42. The third-order valence-corrected chi connectivity index (χ3v) is 6.61. The number of hydrogen-bond acceptors (Lipinski definition) is 5. The Morgan fingerprint density at radius 2 is 2.07 bits per heavy atom. The fourth-order valence-corrected chi connectivity index (χ4v) is 4.78. The number of halogens is 1. The molecule has 3 rings (SSSR count). The van der Waals surface area contributed by atoms with Gasteiger partial charge in [-0.15, -0.1) is 11.3 Å². The second-order valence-corrected chi connectivity index (χ2v) is 8.61. The van der Waals surface area contributed by atoms with E-state index in [4.69, 9.17) is 4.74 Å². The highest BCUT2D eigenvalue weighted by Gasteiger charge is 2.24. The summed E-state index contributed by atoms with van der Waals surface area (Å²) in [5.41, 5.74) is 0.711. The molecular weight excluding hydrogens is 454 g/mol. The van der Waals surface area contributed by atoms with Gasteiger partial charge in [-0.1, -0.05) is 34.1 Å². The molecule has 1 saturated heterocycles. The zero-order valence-electron chi connectivity index (χ0n) is 16.2. The van der Waals surface area contributed by atoms with Crippen LogP contribution in [0.15, 0.2) is 33.5 Å². The number of methoxy groups -OCH3 is 1. The highest BCUT2D eigenvalue weighted by atomic mass is 79.9. The number of rotatable bonds is 6. The van der Waals surface area contributed by atoms with Crippen LogP contribution in [0, 0.1) is 11.3 Å². The number of ether oxygens (including phenoxy) is 1. The molecule has 6 nitrogen and oxygen atoms in total. The van der Waals surface area contributed by atoms with Crippen LogP contribution in [0.1, 0.15) is 24.8 Å². The third kappa shape index (κ3) is 4.86. The molecule has 0 bridgehead atoms. The Morgan fingerprint density at radius 1 is 1.34 bits per heavy atom. The maximum atomic E-state index is 13.1. The van der Waals surface area contributed by atoms with Crippen LogP contribution in [-0.2, 0) is 16.1 Å². The molecule has 1 amide bonds. The zero-order chi connectivity index (χ0) is 20.8. The lowest BCUT2D eigenvalue weighted by Crippen LogP contribution is -2.36. The Hall–Kier alpha value is -2.21. The third-order valence-electron chi connectivity index (χ3n) is 4.76. The summed E-state index contributed by atoms with van der Waals surface area (Å²) < 4.78 is 8.43. The van der Waals surface area contributed by atoms with Gasteiger partial charge in [-0.2, -0.15) is 5.26 Å². The molecule has 1 aliphatic rings. The summed E-state index contributed by atoms with van der Waals surface area (Å²) in [5, 5.41) is 9.75. The molecule has 1 fully saturated rings. The van der Waals surface area contributed by atoms with E-state index in [1.807, 2.05) is 24.3 Å². The molecule has 0 saturated carbocycles. The van der Waals surface area contributed by atoms with Crippen LogP contribution in [0.5, 0.6) is 0 Å². The average Bonchev–Trinajstić information content (AvgIpc) is 3.35. The van der Waals surface area contributed by atoms with Crippen molar-refractivity contribution in [2.45, 2.75) is 25.8 Å². The summed E-state index contributed by atoms with van der Waals surface area (Å²) in [7, 11) is 1.60. The molecule has 0 spiro atoms. The molecule has 0 unspecified atom stereocenters. The van der Waals surface area contributed by atoms with Crippen molar-refractivity contribution in [3.63, 3.8) is 0 Å². The molecule has 1 aromatic heterocycles. The van der Waals surface area contributed by atoms with E-state index in [2.05, 4.69) is 22.0 Å². The predicted molar refractivity (Wildman–Crippen MR) is 117 cm³/mol. The summed E-state index contributed by atoms with van der Waals surface area (Å²) in [4.78, 5) is 27.7. The van der Waals surface area contributed by atoms with Gasteiger partial charge in [-0.25, -0.2) is 0 Å². The van der Waals surface area contributed by atoms with E-state index in [-0.39, 0.29) is 17.0 Å². The Bertz CT molecular complexity index is 1110. The van der Waals surface area contributed by atoms with Gasteiger partial charge in [0.1, 0.15) is 10.7 Å². The van der Waals surface area contributed by atoms with E-state index < -0.39 is 0 Å². The average molecular weight is 476 g/mol. The van der Waals surface area contributed by atoms with Gasteiger partial charge in [-0.05, 0) is 37.0 Å². The van der Waals surface area contributed by atoms with Crippen molar-refractivity contribution in [3.8, 4) is 6.07 Å². The van der Waals surface area contributed by atoms with Crippen molar-refractivity contribution in [1.82, 2.24) is 9.47 Å². The molecule has 0 aliphatic carbocycles. The number of nitriles is 1. The lowest BCUT2D eigenvalue weighted by molar-refractivity contribution is -0.123. The van der Waals surface area contributed by atoms with Gasteiger partial charge in [0.2, 0.25) is 0 Å². The summed E-state index contributed by atoms with van der Waals surface area (Å²) >= 11 is 4.69. The van der Waals surface area contributed by atoms with Crippen molar-refractivity contribution in [1.29, 1.82) is 5.26 Å². The van der Waals surface area contributed by atoms with Crippen LogP contribution in [-0.4, -0.2) is 42.2 Å². The summed E-state index contributed by atoms with van der Waals surface area (Å²) in [5.74, 6) is -0.292. The van der Waals surface area contributed by atoms with Crippen molar-refractivity contribution < 1.29 is 9.53 Å². The first-order chi connectivity index (χ1) is 14.1. The molecule has 1 aliphatic heterocycles. The van der Waals surface area contributed by atoms with Gasteiger partial charge >= 0.3 is 0 Å². The van der Waals surface area contributed by atoms with E-state index in [1.165, 1.54) is 11.3 Å². The van der Waals surface area contributed by atoms with Gasteiger partial charge in [-0.3, -0.25) is 14.2 Å². The fourth-order valence-electron chi connectivity index (χ4n) is 3.27. The molecule has 2 aromatic rings. The second-order valence-electron chi connectivity index (χ2n) is 6.73. The number of aromatic nitrogens is 1. The van der Waals surface area contributed by atoms with Gasteiger partial charge in [0.05, 0.1) is 4.53 Å². The van der Waals surface area contributed by atoms with Crippen LogP contribution in [0.3, 0.4) is 0 Å². The zero-order valence-corrected chi connectivity index (χ0v) is 18.6. The minimum atomic E-state index is -0.292. The number of thiazole rings is 1. The van der Waals surface area contributed by atoms with Gasteiger partial charge < -0.3 is 9.64 Å². The molecule has 0 N–H and O–H groups in total. The SMILES string of the molecule is COCCCn1c(=O)/c(=C/c2ccccc2Br)s/c1=C(\C#N)C(=O)N1CCCC1. The van der Waals surface area contributed by atoms with Gasteiger partial charge in [0.25, 0.3) is 11.5 Å². The van der Waals surface area contributed by atoms with E-state index in [9.17, 15) is 14.9 Å². The Labute approximate surface area is 181 Å². The van der Waals surface area contributed by atoms with E-state index in [0.717, 1.165) is 22.9 Å². The quantitative estimate of drug-likeness (QED) is 0.597. The minimum Gasteiger partial charge on any atom is -0.385 e. The largest absolute Gasteiger partial charge is 0.385 e. The van der Waals surface area contributed by atoms with Crippen LogP contribution in [0.25, 0.3) is 11.6 Å². The van der Waals surface area contributed by atoms with E-state index >= 15 is 0 Å². The summed E-state index contributed by atoms with van der Waals surface area (Å²) in [6.07, 6.45) is 4.29. The summed E-state index contributed by atoms with van der Waals surface area (Å²) in [6.45, 7) is 2.19. The summed E-state index contributed by atoms with van der Waals surface area (Å²) in [6, 6.07) is 9.67. The van der Waals surface area contributed by atoms with E-state index in [1.54, 1.807) is 22.7 Å². The number of likely N-dealkylation sites (tertiary alicyclic amines) is 1. The maximum absolute atomic E-state index is 13.1. The first-order valence-electron chi connectivity index (χ1n) is 9.45. The lowest BCUT2D eigenvalue weighted by Gasteiger charge is -2.14. The van der Waals surface area contributed by atoms with Crippen LogP contribution >= 0.6 is 27.3 Å². The van der Waals surface area contributed by atoms with Gasteiger partial charge in [0.15, 0.2) is 5.57 Å². The van der Waals surface area contributed by atoms with Crippen molar-refractivity contribution in [3.05, 3.63) is 53.9 Å². The standard InChI is InChI=1S/C21H22BrN3O3S/c1-28-12-6-11-25-20(27)18(13-15-7-2-3-8-17(15)22)29-21(25)16(14-23)19(26)24-9-4-5-10-24/h2-3,7-8,13H,4-6,9-12H2,1H3/b18-13-,21-16+. The Balaban J connectivity index is 2.19. The predicted octanol–water partition coefficient (Wildman–Crippen LogP) is 1.83. The van der Waals surface area contributed by atoms with Crippen LogP contribution < -0.4 is 14.8 Å². The molecule has 152 valence electrons. The first kappa shape index (κ1) is 21.5. The van der Waals surface area contributed by atoms with Crippen molar-refractivity contribution in [2.24, 2.45) is 0 Å². The normalized spacial score (nSPS) is 15.5. The second kappa shape index (κ2) is 10.0. The van der Waals surface area contributed by atoms with E-state index in [0.29, 0.717) is 41.9 Å². The number of amides is 1. The topological polar surface area (TPSA) is 75.3 Å². The number of carbonyl (C=O) groups excluding carboxylic acids is 1. The molecule has 0 atom stereocenters. The number of benzene rings is 1. The monoisotopic (exact) mass is 475 g/mol. The van der Waals surface area contributed by atoms with Crippen LogP contribution in [0.2, 0.25) is 0 Å². The Morgan fingerprint density at radius 3 is 2.72 bits per heavy atom. The smallest absolute Gasteiger partial charge is 0.269 e. The maximum Gasteiger partial charge on any atom is 0.269 e. The number of carbonyl (C=O) groups is 1. The number of nitrogens with zero attached hydrogens (tertiary/aromatic N) is 3. The molecule has 0 radical (unpaired) electrons. The molecule has 8 heteroatoms. The van der Waals surface area contributed by atoms with Crippen molar-refractivity contribution in [2.75, 3.05) is 26.8 Å². The van der Waals surface area contributed by atoms with Gasteiger partial charge in [0, 0.05) is 37.8 Å².